The van der Waals surface area contributed by atoms with Crippen LogP contribution in [-0.4, -0.2) is 58.5 Å². The standard InChI is InChI=1S/C15H24N4O3/c1-17(2)9-7-11-6-4-5-8-19(11)14(21)12-10-18(3)15(22)16-13(12)20/h10-11H,4-9H2,1-3H3,(H,16,20,22)/t11-/m0/s1. The first kappa shape index (κ1) is 16.5. The maximum absolute atomic E-state index is 12.7. The fourth-order valence-corrected chi connectivity index (χ4v) is 2.85. The van der Waals surface area contributed by atoms with Crippen molar-refractivity contribution in [3.8, 4) is 0 Å². The van der Waals surface area contributed by atoms with Crippen molar-refractivity contribution in [2.75, 3.05) is 27.2 Å². The molecule has 0 bridgehead atoms. The summed E-state index contributed by atoms with van der Waals surface area (Å²) < 4.78 is 1.23. The Kier molecular flexibility index (Phi) is 5.18. The second-order valence-corrected chi connectivity index (χ2v) is 6.15. The molecule has 7 nitrogen and oxygen atoms in total. The summed E-state index contributed by atoms with van der Waals surface area (Å²) in [5.74, 6) is -0.277. The van der Waals surface area contributed by atoms with Crippen LogP contribution in [0.15, 0.2) is 15.8 Å². The molecule has 1 N–H and O–H groups in total. The van der Waals surface area contributed by atoms with Gasteiger partial charge in [0.1, 0.15) is 5.56 Å². The van der Waals surface area contributed by atoms with Crippen molar-refractivity contribution in [2.45, 2.75) is 31.7 Å². The highest BCUT2D eigenvalue weighted by Gasteiger charge is 2.29. The Balaban J connectivity index is 2.24. The summed E-state index contributed by atoms with van der Waals surface area (Å²) in [5, 5.41) is 0. The molecule has 0 radical (unpaired) electrons. The van der Waals surface area contributed by atoms with Crippen molar-refractivity contribution in [1.29, 1.82) is 0 Å². The van der Waals surface area contributed by atoms with E-state index in [9.17, 15) is 14.4 Å². The minimum atomic E-state index is -0.606. The molecule has 1 atom stereocenters. The Labute approximate surface area is 129 Å². The van der Waals surface area contributed by atoms with Gasteiger partial charge in [0.15, 0.2) is 0 Å². The Morgan fingerprint density at radius 2 is 2.09 bits per heavy atom. The van der Waals surface area contributed by atoms with Crippen molar-refractivity contribution in [3.05, 3.63) is 32.6 Å². The second-order valence-electron chi connectivity index (χ2n) is 6.15. The molecule has 2 rings (SSSR count). The van der Waals surface area contributed by atoms with Crippen molar-refractivity contribution in [1.82, 2.24) is 19.4 Å². The van der Waals surface area contributed by atoms with Crippen LogP contribution in [0.3, 0.4) is 0 Å². The number of rotatable bonds is 4. The van der Waals surface area contributed by atoms with E-state index in [2.05, 4.69) is 9.88 Å². The van der Waals surface area contributed by atoms with Crippen LogP contribution in [0.4, 0.5) is 0 Å². The van der Waals surface area contributed by atoms with Gasteiger partial charge in [-0.2, -0.15) is 0 Å². The Hall–Kier alpha value is -1.89. The Morgan fingerprint density at radius 1 is 1.36 bits per heavy atom. The minimum Gasteiger partial charge on any atom is -0.335 e. The van der Waals surface area contributed by atoms with E-state index in [1.807, 2.05) is 14.1 Å². The Bertz CT molecular complexity index is 647. The molecule has 0 spiro atoms. The summed E-state index contributed by atoms with van der Waals surface area (Å²) in [7, 11) is 5.54. The number of likely N-dealkylation sites (tertiary alicyclic amines) is 1. The highest BCUT2D eigenvalue weighted by atomic mass is 16.2. The van der Waals surface area contributed by atoms with Crippen LogP contribution in [0.1, 0.15) is 36.0 Å². The number of carbonyl (C=O) groups excluding carboxylic acids is 1. The minimum absolute atomic E-state index is 0.0406. The van der Waals surface area contributed by atoms with E-state index in [1.54, 1.807) is 4.90 Å². The van der Waals surface area contributed by atoms with Gasteiger partial charge in [-0.3, -0.25) is 14.6 Å². The fraction of sp³-hybridized carbons (Fsp3) is 0.667. The number of aromatic amines is 1. The predicted octanol–water partition coefficient (Wildman–Crippen LogP) is 0.0200. The first-order chi connectivity index (χ1) is 10.4. The molecule has 1 fully saturated rings. The number of carbonyl (C=O) groups is 1. The third-order valence-electron chi connectivity index (χ3n) is 4.14. The van der Waals surface area contributed by atoms with Gasteiger partial charge in [-0.15, -0.1) is 0 Å². The van der Waals surface area contributed by atoms with E-state index < -0.39 is 11.2 Å². The molecule has 122 valence electrons. The van der Waals surface area contributed by atoms with E-state index in [4.69, 9.17) is 0 Å². The number of hydrogen-bond donors (Lipinski definition) is 1. The number of aromatic nitrogens is 2. The zero-order valence-corrected chi connectivity index (χ0v) is 13.5. The lowest BCUT2D eigenvalue weighted by Crippen LogP contribution is -2.47. The first-order valence-electron chi connectivity index (χ1n) is 7.66. The van der Waals surface area contributed by atoms with Crippen LogP contribution in [0.25, 0.3) is 0 Å². The third-order valence-corrected chi connectivity index (χ3v) is 4.14. The molecule has 2 heterocycles. The van der Waals surface area contributed by atoms with Crippen molar-refractivity contribution in [2.24, 2.45) is 7.05 Å². The van der Waals surface area contributed by atoms with Crippen molar-refractivity contribution < 1.29 is 4.79 Å². The van der Waals surface area contributed by atoms with Gasteiger partial charge < -0.3 is 14.4 Å². The van der Waals surface area contributed by atoms with Gasteiger partial charge in [0, 0.05) is 25.8 Å². The van der Waals surface area contributed by atoms with E-state index in [0.29, 0.717) is 6.54 Å². The lowest BCUT2D eigenvalue weighted by molar-refractivity contribution is 0.0588. The molecule has 1 aliphatic rings. The predicted molar refractivity (Wildman–Crippen MR) is 84.2 cm³/mol. The topological polar surface area (TPSA) is 78.4 Å². The number of nitrogens with one attached hydrogen (secondary N) is 1. The second kappa shape index (κ2) is 6.91. The zero-order valence-electron chi connectivity index (χ0n) is 13.5. The molecule has 0 unspecified atom stereocenters. The summed E-state index contributed by atoms with van der Waals surface area (Å²) in [4.78, 5) is 42.1. The lowest BCUT2D eigenvalue weighted by atomic mass is 9.98. The van der Waals surface area contributed by atoms with Gasteiger partial charge in [-0.05, 0) is 46.3 Å². The van der Waals surface area contributed by atoms with Crippen LogP contribution >= 0.6 is 0 Å². The van der Waals surface area contributed by atoms with Crippen molar-refractivity contribution >= 4 is 5.91 Å². The van der Waals surface area contributed by atoms with Crippen LogP contribution in [0.5, 0.6) is 0 Å². The normalized spacial score (nSPS) is 18.7. The number of H-pyrrole nitrogens is 1. The zero-order chi connectivity index (χ0) is 16.3. The average Bonchev–Trinajstić information content (AvgIpc) is 2.48. The Morgan fingerprint density at radius 3 is 2.77 bits per heavy atom. The molecule has 1 aromatic rings. The number of hydrogen-bond acceptors (Lipinski definition) is 4. The lowest BCUT2D eigenvalue weighted by Gasteiger charge is -2.36. The molecule has 22 heavy (non-hydrogen) atoms. The fourth-order valence-electron chi connectivity index (χ4n) is 2.85. The van der Waals surface area contributed by atoms with Gasteiger partial charge in [-0.25, -0.2) is 4.79 Å². The number of amides is 1. The SMILES string of the molecule is CN(C)CC[C@@H]1CCCCN1C(=O)c1cn(C)c(=O)[nH]c1=O. The van der Waals surface area contributed by atoms with E-state index in [-0.39, 0.29) is 17.5 Å². The summed E-state index contributed by atoms with van der Waals surface area (Å²) >= 11 is 0. The number of nitrogens with zero attached hydrogens (tertiary/aromatic N) is 3. The van der Waals surface area contributed by atoms with E-state index in [0.717, 1.165) is 32.2 Å². The molecule has 1 saturated heterocycles. The maximum Gasteiger partial charge on any atom is 0.328 e. The van der Waals surface area contributed by atoms with E-state index >= 15 is 0 Å². The van der Waals surface area contributed by atoms with E-state index in [1.165, 1.54) is 17.8 Å². The summed E-state index contributed by atoms with van der Waals surface area (Å²) in [6, 6.07) is 0.153. The summed E-state index contributed by atoms with van der Waals surface area (Å²) in [5.41, 5.74) is -1.08. The van der Waals surface area contributed by atoms with Crippen LogP contribution in [-0.2, 0) is 7.05 Å². The van der Waals surface area contributed by atoms with Crippen LogP contribution in [0.2, 0.25) is 0 Å². The quantitative estimate of drug-likeness (QED) is 0.850. The molecule has 0 saturated carbocycles. The first-order valence-corrected chi connectivity index (χ1v) is 7.66. The van der Waals surface area contributed by atoms with Gasteiger partial charge in [0.25, 0.3) is 11.5 Å². The number of piperidine rings is 1. The highest BCUT2D eigenvalue weighted by molar-refractivity contribution is 5.93. The highest BCUT2D eigenvalue weighted by Crippen LogP contribution is 2.21. The van der Waals surface area contributed by atoms with Gasteiger partial charge >= 0.3 is 5.69 Å². The monoisotopic (exact) mass is 308 g/mol. The molecule has 1 amide bonds. The third kappa shape index (κ3) is 3.65. The maximum atomic E-state index is 12.7. The molecule has 0 aromatic carbocycles. The summed E-state index contributed by atoms with van der Waals surface area (Å²) in [6.45, 7) is 1.57. The van der Waals surface area contributed by atoms with Crippen LogP contribution < -0.4 is 11.2 Å². The smallest absolute Gasteiger partial charge is 0.328 e. The van der Waals surface area contributed by atoms with Crippen molar-refractivity contribution in [3.63, 3.8) is 0 Å². The molecule has 1 aliphatic heterocycles. The molecule has 1 aromatic heterocycles. The molecule has 7 heteroatoms. The van der Waals surface area contributed by atoms with Gasteiger partial charge in [-0.1, -0.05) is 0 Å². The number of aryl methyl sites for hydroxylation is 1. The molecule has 0 aliphatic carbocycles. The van der Waals surface area contributed by atoms with Gasteiger partial charge in [0.05, 0.1) is 0 Å². The molecular weight excluding hydrogens is 284 g/mol. The van der Waals surface area contributed by atoms with Crippen LogP contribution in [0, 0.1) is 0 Å². The molecular formula is C15H24N4O3. The summed E-state index contributed by atoms with van der Waals surface area (Å²) in [6.07, 6.45) is 5.24. The largest absolute Gasteiger partial charge is 0.335 e. The average molecular weight is 308 g/mol. The van der Waals surface area contributed by atoms with Gasteiger partial charge in [0.2, 0.25) is 0 Å².